The lowest BCUT2D eigenvalue weighted by Gasteiger charge is -2.20. The summed E-state index contributed by atoms with van der Waals surface area (Å²) < 4.78 is 5.21. The monoisotopic (exact) mass is 450 g/mol. The van der Waals surface area contributed by atoms with Crippen molar-refractivity contribution in [2.24, 2.45) is 5.92 Å². The van der Waals surface area contributed by atoms with Crippen molar-refractivity contribution in [1.29, 1.82) is 0 Å². The molecule has 0 heterocycles. The number of ketones is 2. The van der Waals surface area contributed by atoms with Crippen LogP contribution in [0, 0.1) is 5.92 Å². The molecule has 0 spiro atoms. The van der Waals surface area contributed by atoms with Crippen molar-refractivity contribution in [3.05, 3.63) is 65.2 Å². The molecule has 1 unspecified atom stereocenters. The van der Waals surface area contributed by atoms with Crippen molar-refractivity contribution in [2.75, 3.05) is 7.11 Å². The summed E-state index contributed by atoms with van der Waals surface area (Å²) in [5, 5.41) is 0. The van der Waals surface area contributed by atoms with Crippen LogP contribution in [0.25, 0.3) is 0 Å². The second-order valence-corrected chi connectivity index (χ2v) is 10.1. The molecule has 2 rings (SSSR count). The number of hydrogen-bond donors (Lipinski definition) is 0. The topological polar surface area (TPSA) is 43.4 Å². The van der Waals surface area contributed by atoms with Crippen molar-refractivity contribution < 1.29 is 14.3 Å². The molecule has 0 radical (unpaired) electrons. The first-order valence-electron chi connectivity index (χ1n) is 12.6. The Balaban J connectivity index is 2.10. The van der Waals surface area contributed by atoms with E-state index in [0.717, 1.165) is 12.8 Å². The summed E-state index contributed by atoms with van der Waals surface area (Å²) in [5.74, 6) is -0.0982. The highest BCUT2D eigenvalue weighted by atomic mass is 16.5. The average molecular weight is 451 g/mol. The van der Waals surface area contributed by atoms with Crippen LogP contribution in [0.1, 0.15) is 112 Å². The summed E-state index contributed by atoms with van der Waals surface area (Å²) >= 11 is 0. The predicted molar refractivity (Wildman–Crippen MR) is 138 cm³/mol. The molecule has 0 aliphatic heterocycles. The largest absolute Gasteiger partial charge is 0.497 e. The van der Waals surface area contributed by atoms with E-state index < -0.39 is 5.92 Å². The molecule has 1 atom stereocenters. The Hall–Kier alpha value is -2.42. The van der Waals surface area contributed by atoms with Crippen LogP contribution in [0.2, 0.25) is 0 Å². The van der Waals surface area contributed by atoms with Crippen LogP contribution in [0.4, 0.5) is 0 Å². The Bertz CT molecular complexity index is 857. The maximum absolute atomic E-state index is 13.4. The summed E-state index contributed by atoms with van der Waals surface area (Å²) in [6.45, 7) is 8.69. The van der Waals surface area contributed by atoms with Crippen LogP contribution in [0.15, 0.2) is 48.5 Å². The van der Waals surface area contributed by atoms with Gasteiger partial charge < -0.3 is 4.74 Å². The number of ether oxygens (including phenoxy) is 1. The fraction of sp³-hybridized carbons (Fsp3) is 0.533. The predicted octanol–water partition coefficient (Wildman–Crippen LogP) is 8.21. The number of benzene rings is 2. The fourth-order valence-electron chi connectivity index (χ4n) is 4.16. The molecule has 3 heteroatoms. The van der Waals surface area contributed by atoms with Crippen LogP contribution in [-0.2, 0) is 5.41 Å². The molecule has 3 nitrogen and oxygen atoms in total. The molecule has 0 aliphatic carbocycles. The van der Waals surface area contributed by atoms with Gasteiger partial charge in [0.05, 0.1) is 13.0 Å². The number of hydrogen-bond acceptors (Lipinski definition) is 3. The van der Waals surface area contributed by atoms with Gasteiger partial charge in [-0.15, -0.1) is 0 Å². The molecule has 180 valence electrons. The van der Waals surface area contributed by atoms with Gasteiger partial charge in [-0.1, -0.05) is 103 Å². The second-order valence-electron chi connectivity index (χ2n) is 10.1. The van der Waals surface area contributed by atoms with Crippen molar-refractivity contribution in [3.8, 4) is 5.75 Å². The van der Waals surface area contributed by atoms with Crippen molar-refractivity contribution in [3.63, 3.8) is 0 Å². The zero-order chi connectivity index (χ0) is 24.3. The molecule has 2 aromatic rings. The summed E-state index contributed by atoms with van der Waals surface area (Å²) in [7, 11) is 1.60. The lowest BCUT2D eigenvalue weighted by Crippen LogP contribution is -2.25. The van der Waals surface area contributed by atoms with E-state index in [1.54, 1.807) is 31.4 Å². The van der Waals surface area contributed by atoms with Crippen molar-refractivity contribution in [1.82, 2.24) is 0 Å². The number of methoxy groups -OCH3 is 1. The van der Waals surface area contributed by atoms with Crippen LogP contribution >= 0.6 is 0 Å². The SMILES string of the molecule is CCCCCCCCCCC(C(=O)c1ccc(OC)cc1)C(=O)c1ccc(C(C)(C)C)cc1. The summed E-state index contributed by atoms with van der Waals surface area (Å²) in [6, 6.07) is 14.9. The van der Waals surface area contributed by atoms with E-state index in [9.17, 15) is 9.59 Å². The van der Waals surface area contributed by atoms with Crippen LogP contribution in [0.3, 0.4) is 0 Å². The molecule has 0 saturated carbocycles. The zero-order valence-corrected chi connectivity index (χ0v) is 21.3. The lowest BCUT2D eigenvalue weighted by atomic mass is 9.83. The second kappa shape index (κ2) is 13.3. The summed E-state index contributed by atoms with van der Waals surface area (Å²) in [4.78, 5) is 26.8. The molecule has 0 saturated heterocycles. The highest BCUT2D eigenvalue weighted by molar-refractivity contribution is 6.16. The lowest BCUT2D eigenvalue weighted by molar-refractivity contribution is 0.0797. The minimum Gasteiger partial charge on any atom is -0.497 e. The van der Waals surface area contributed by atoms with E-state index in [-0.39, 0.29) is 17.0 Å². The first-order chi connectivity index (χ1) is 15.8. The van der Waals surface area contributed by atoms with E-state index in [1.165, 1.54) is 44.1 Å². The quantitative estimate of drug-likeness (QED) is 0.165. The van der Waals surface area contributed by atoms with Gasteiger partial charge in [0.2, 0.25) is 0 Å². The van der Waals surface area contributed by atoms with Gasteiger partial charge in [0.25, 0.3) is 0 Å². The number of Topliss-reactive ketones (excluding diaryl/α,β-unsaturated/α-hetero) is 2. The summed E-state index contributed by atoms with van der Waals surface area (Å²) in [5.41, 5.74) is 2.39. The standard InChI is InChI=1S/C30H42O3/c1-6-7-8-9-10-11-12-13-14-27(29(32)24-17-21-26(33-5)22-18-24)28(31)23-15-19-25(20-16-23)30(2,3)4/h15-22,27H,6-14H2,1-5H3. The zero-order valence-electron chi connectivity index (χ0n) is 21.3. The Morgan fingerprint density at radius 2 is 1.18 bits per heavy atom. The minimum atomic E-state index is -0.640. The number of rotatable bonds is 14. The van der Waals surface area contributed by atoms with Gasteiger partial charge in [-0.25, -0.2) is 0 Å². The third-order valence-electron chi connectivity index (χ3n) is 6.39. The fourth-order valence-corrected chi connectivity index (χ4v) is 4.16. The van der Waals surface area contributed by atoms with E-state index in [1.807, 2.05) is 24.3 Å². The van der Waals surface area contributed by atoms with Crippen molar-refractivity contribution in [2.45, 2.75) is 90.9 Å². The molecule has 0 amide bonds. The highest BCUT2D eigenvalue weighted by Gasteiger charge is 2.28. The first kappa shape index (κ1) is 26.8. The third kappa shape index (κ3) is 8.46. The molecular weight excluding hydrogens is 408 g/mol. The molecule has 0 N–H and O–H groups in total. The molecule has 0 fully saturated rings. The molecule has 0 bridgehead atoms. The number of carbonyl (C=O) groups is 2. The molecule has 0 aliphatic rings. The van der Waals surface area contributed by atoms with E-state index in [0.29, 0.717) is 23.3 Å². The van der Waals surface area contributed by atoms with Crippen LogP contribution in [-0.4, -0.2) is 18.7 Å². The first-order valence-corrected chi connectivity index (χ1v) is 12.6. The van der Waals surface area contributed by atoms with Crippen LogP contribution < -0.4 is 4.74 Å². The van der Waals surface area contributed by atoms with Gasteiger partial charge in [-0.05, 0) is 41.7 Å². The Kier molecular flexibility index (Phi) is 10.8. The van der Waals surface area contributed by atoms with E-state index in [4.69, 9.17) is 4.74 Å². The highest BCUT2D eigenvalue weighted by Crippen LogP contribution is 2.26. The Morgan fingerprint density at radius 3 is 1.64 bits per heavy atom. The van der Waals surface area contributed by atoms with Gasteiger partial charge in [-0.3, -0.25) is 9.59 Å². The normalized spacial score (nSPS) is 12.4. The van der Waals surface area contributed by atoms with E-state index >= 15 is 0 Å². The molecule has 0 aromatic heterocycles. The maximum Gasteiger partial charge on any atom is 0.173 e. The van der Waals surface area contributed by atoms with Gasteiger partial charge in [0.1, 0.15) is 5.75 Å². The van der Waals surface area contributed by atoms with Crippen LogP contribution in [0.5, 0.6) is 5.75 Å². The number of carbonyl (C=O) groups excluding carboxylic acids is 2. The van der Waals surface area contributed by atoms with Crippen molar-refractivity contribution >= 4 is 11.6 Å². The van der Waals surface area contributed by atoms with Gasteiger partial charge >= 0.3 is 0 Å². The maximum atomic E-state index is 13.4. The Labute approximate surface area is 200 Å². The van der Waals surface area contributed by atoms with Gasteiger partial charge in [0, 0.05) is 11.1 Å². The average Bonchev–Trinajstić information content (AvgIpc) is 2.82. The smallest absolute Gasteiger partial charge is 0.173 e. The summed E-state index contributed by atoms with van der Waals surface area (Å²) in [6.07, 6.45) is 10.1. The molecule has 2 aromatic carbocycles. The Morgan fingerprint density at radius 1 is 0.727 bits per heavy atom. The van der Waals surface area contributed by atoms with Gasteiger partial charge in [-0.2, -0.15) is 0 Å². The molecular formula is C30H42O3. The minimum absolute atomic E-state index is 0.0248. The van der Waals surface area contributed by atoms with E-state index in [2.05, 4.69) is 27.7 Å². The molecule has 33 heavy (non-hydrogen) atoms. The number of unbranched alkanes of at least 4 members (excludes halogenated alkanes) is 7. The third-order valence-corrected chi connectivity index (χ3v) is 6.39. The van der Waals surface area contributed by atoms with Gasteiger partial charge in [0.15, 0.2) is 11.6 Å².